The fraction of sp³-hybridized carbons (Fsp3) is 0.286. The Morgan fingerprint density at radius 1 is 1.62 bits per heavy atom. The zero-order chi connectivity index (χ0) is 9.42. The first kappa shape index (κ1) is 8.18. The van der Waals surface area contributed by atoms with Crippen LogP contribution in [0.3, 0.4) is 0 Å². The van der Waals surface area contributed by atoms with Gasteiger partial charge in [0.15, 0.2) is 4.64 Å². The lowest BCUT2D eigenvalue weighted by Gasteiger charge is -1.90. The summed E-state index contributed by atoms with van der Waals surface area (Å²) in [5.41, 5.74) is 0.997. The smallest absolute Gasteiger partial charge is 0.290 e. The van der Waals surface area contributed by atoms with Crippen LogP contribution in [0.25, 0.3) is 11.0 Å². The van der Waals surface area contributed by atoms with Crippen molar-refractivity contribution in [2.45, 2.75) is 13.5 Å². The molecule has 0 fully saturated rings. The molecule has 0 aliphatic carbocycles. The molecule has 0 amide bonds. The third kappa shape index (κ3) is 1.10. The Bertz CT molecular complexity index is 549. The molecule has 5 nitrogen and oxygen atoms in total. The third-order valence-corrected chi connectivity index (χ3v) is 2.19. The van der Waals surface area contributed by atoms with E-state index in [0.717, 1.165) is 0 Å². The van der Waals surface area contributed by atoms with Gasteiger partial charge in [0.05, 0.1) is 6.33 Å². The van der Waals surface area contributed by atoms with E-state index in [0.29, 0.717) is 22.2 Å². The van der Waals surface area contributed by atoms with Crippen LogP contribution in [-0.4, -0.2) is 19.7 Å². The Hall–Kier alpha value is -1.43. The number of aromatic nitrogens is 4. The molecule has 2 aromatic rings. The molecule has 0 saturated carbocycles. The normalized spacial score (nSPS) is 10.8. The van der Waals surface area contributed by atoms with E-state index in [9.17, 15) is 4.79 Å². The molecule has 0 aliphatic rings. The van der Waals surface area contributed by atoms with E-state index in [1.54, 1.807) is 0 Å². The highest BCUT2D eigenvalue weighted by Gasteiger charge is 2.05. The van der Waals surface area contributed by atoms with Crippen LogP contribution < -0.4 is 5.56 Å². The first-order chi connectivity index (χ1) is 6.24. The summed E-state index contributed by atoms with van der Waals surface area (Å²) in [5.74, 6) is 0. The Morgan fingerprint density at radius 3 is 3.00 bits per heavy atom. The molecule has 0 unspecified atom stereocenters. The molecule has 2 N–H and O–H groups in total. The standard InChI is InChI=1S/C7H8N4OS/c1-2-11-7(12)5-4(10-11)6(13)9-3-8-5/h3,10H,2H2,1H3,(H,8,9,13). The number of nitrogens with one attached hydrogen (secondary N) is 2. The minimum Gasteiger partial charge on any atom is -0.340 e. The van der Waals surface area contributed by atoms with Crippen LogP contribution in [0.15, 0.2) is 11.1 Å². The van der Waals surface area contributed by atoms with Gasteiger partial charge in [-0.2, -0.15) is 0 Å². The molecule has 2 rings (SSSR count). The number of aryl methyl sites for hydroxylation is 1. The topological polar surface area (TPSA) is 66.5 Å². The average molecular weight is 196 g/mol. The Labute approximate surface area is 78.4 Å². The predicted molar refractivity (Wildman–Crippen MR) is 51.2 cm³/mol. The van der Waals surface area contributed by atoms with E-state index >= 15 is 0 Å². The maximum absolute atomic E-state index is 11.5. The SMILES string of the molecule is CCn1[nH]c2c(=S)nc[nH]c2c1=O. The largest absolute Gasteiger partial charge is 0.340 e. The minimum atomic E-state index is -0.0917. The Balaban J connectivity index is 3.00. The van der Waals surface area contributed by atoms with Gasteiger partial charge in [-0.05, 0) is 6.92 Å². The number of nitrogens with zero attached hydrogens (tertiary/aromatic N) is 2. The summed E-state index contributed by atoms with van der Waals surface area (Å²) in [5, 5.41) is 2.89. The van der Waals surface area contributed by atoms with Crippen LogP contribution in [0.4, 0.5) is 0 Å². The number of rotatable bonds is 1. The molecule has 13 heavy (non-hydrogen) atoms. The summed E-state index contributed by atoms with van der Waals surface area (Å²) in [6.45, 7) is 2.48. The lowest BCUT2D eigenvalue weighted by Crippen LogP contribution is -2.15. The summed E-state index contributed by atoms with van der Waals surface area (Å²) in [6.07, 6.45) is 1.43. The number of fused-ring (bicyclic) bond motifs is 1. The minimum absolute atomic E-state index is 0.0917. The maximum Gasteiger partial charge on any atom is 0.290 e. The Morgan fingerprint density at radius 2 is 2.38 bits per heavy atom. The highest BCUT2D eigenvalue weighted by atomic mass is 32.1. The number of aromatic amines is 2. The first-order valence-electron chi connectivity index (χ1n) is 3.90. The number of hydrogen-bond donors (Lipinski definition) is 2. The highest BCUT2D eigenvalue weighted by Crippen LogP contribution is 2.02. The molecule has 0 atom stereocenters. The third-order valence-electron chi connectivity index (χ3n) is 1.88. The van der Waals surface area contributed by atoms with Gasteiger partial charge in [0.2, 0.25) is 0 Å². The quantitative estimate of drug-likeness (QED) is 0.663. The second-order valence-corrected chi connectivity index (χ2v) is 3.01. The van der Waals surface area contributed by atoms with Crippen molar-refractivity contribution in [3.8, 4) is 0 Å². The van der Waals surface area contributed by atoms with Gasteiger partial charge in [-0.1, -0.05) is 12.2 Å². The summed E-state index contributed by atoms with van der Waals surface area (Å²) in [4.78, 5) is 18.2. The average Bonchev–Trinajstić information content (AvgIpc) is 2.45. The molecule has 0 spiro atoms. The maximum atomic E-state index is 11.5. The van der Waals surface area contributed by atoms with E-state index in [2.05, 4.69) is 15.1 Å². The van der Waals surface area contributed by atoms with Crippen molar-refractivity contribution in [1.29, 1.82) is 0 Å². The zero-order valence-corrected chi connectivity index (χ0v) is 7.81. The molecule has 68 valence electrons. The molecular weight excluding hydrogens is 188 g/mol. The second-order valence-electron chi connectivity index (χ2n) is 2.62. The van der Waals surface area contributed by atoms with Crippen LogP contribution >= 0.6 is 12.2 Å². The summed E-state index contributed by atoms with van der Waals surface area (Å²) >= 11 is 4.96. The van der Waals surface area contributed by atoms with E-state index in [1.807, 2.05) is 6.92 Å². The van der Waals surface area contributed by atoms with Crippen molar-refractivity contribution >= 4 is 23.3 Å². The van der Waals surface area contributed by atoms with Gasteiger partial charge in [0, 0.05) is 6.54 Å². The molecule has 6 heteroatoms. The van der Waals surface area contributed by atoms with E-state index in [-0.39, 0.29) is 5.56 Å². The molecule has 0 bridgehead atoms. The van der Waals surface area contributed by atoms with E-state index < -0.39 is 0 Å². The fourth-order valence-corrected chi connectivity index (χ4v) is 1.42. The lowest BCUT2D eigenvalue weighted by molar-refractivity contribution is 0.645. The molecule has 0 saturated heterocycles. The van der Waals surface area contributed by atoms with Gasteiger partial charge in [0.25, 0.3) is 5.56 Å². The summed E-state index contributed by atoms with van der Waals surface area (Å²) < 4.78 is 1.90. The van der Waals surface area contributed by atoms with Crippen LogP contribution in [0, 0.1) is 4.64 Å². The molecule has 0 aromatic carbocycles. The second kappa shape index (κ2) is 2.81. The lowest BCUT2D eigenvalue weighted by atomic mass is 10.5. The number of hydrogen-bond acceptors (Lipinski definition) is 3. The van der Waals surface area contributed by atoms with Crippen LogP contribution in [-0.2, 0) is 6.54 Å². The number of H-pyrrole nitrogens is 2. The summed E-state index contributed by atoms with van der Waals surface area (Å²) in [6, 6.07) is 0. The van der Waals surface area contributed by atoms with Crippen LogP contribution in [0.5, 0.6) is 0 Å². The molecule has 0 aliphatic heterocycles. The van der Waals surface area contributed by atoms with Crippen molar-refractivity contribution in [3.05, 3.63) is 21.3 Å². The highest BCUT2D eigenvalue weighted by molar-refractivity contribution is 7.71. The van der Waals surface area contributed by atoms with Crippen LogP contribution in [0.2, 0.25) is 0 Å². The van der Waals surface area contributed by atoms with Crippen LogP contribution in [0.1, 0.15) is 6.92 Å². The van der Waals surface area contributed by atoms with Gasteiger partial charge < -0.3 is 4.98 Å². The van der Waals surface area contributed by atoms with Crippen molar-refractivity contribution in [2.24, 2.45) is 0 Å². The zero-order valence-electron chi connectivity index (χ0n) is 7.00. The first-order valence-corrected chi connectivity index (χ1v) is 4.31. The van der Waals surface area contributed by atoms with Gasteiger partial charge in [0.1, 0.15) is 11.0 Å². The monoisotopic (exact) mass is 196 g/mol. The molecule has 2 aromatic heterocycles. The fourth-order valence-electron chi connectivity index (χ4n) is 1.21. The van der Waals surface area contributed by atoms with Gasteiger partial charge in [-0.3, -0.25) is 14.6 Å². The van der Waals surface area contributed by atoms with Gasteiger partial charge in [-0.15, -0.1) is 0 Å². The molecule has 2 heterocycles. The van der Waals surface area contributed by atoms with Gasteiger partial charge in [-0.25, -0.2) is 4.98 Å². The van der Waals surface area contributed by atoms with Gasteiger partial charge >= 0.3 is 0 Å². The summed E-state index contributed by atoms with van der Waals surface area (Å²) in [7, 11) is 0. The molecular formula is C7H8N4OS. The molecule has 0 radical (unpaired) electrons. The van der Waals surface area contributed by atoms with Crippen molar-refractivity contribution in [1.82, 2.24) is 19.7 Å². The van der Waals surface area contributed by atoms with Crippen molar-refractivity contribution < 1.29 is 0 Å². The van der Waals surface area contributed by atoms with E-state index in [1.165, 1.54) is 11.0 Å². The Kier molecular flexibility index (Phi) is 1.77. The van der Waals surface area contributed by atoms with Crippen molar-refractivity contribution in [2.75, 3.05) is 0 Å². The predicted octanol–water partition coefficient (Wildman–Crippen LogP) is 0.802. The van der Waals surface area contributed by atoms with E-state index in [4.69, 9.17) is 12.2 Å². The van der Waals surface area contributed by atoms with Crippen molar-refractivity contribution in [3.63, 3.8) is 0 Å².